The van der Waals surface area contributed by atoms with E-state index in [1.165, 1.54) is 0 Å². The highest BCUT2D eigenvalue weighted by atomic mass is 16.6. The Morgan fingerprint density at radius 2 is 2.50 bits per heavy atom. The number of nitrogens with one attached hydrogen (secondary N) is 1. The van der Waals surface area contributed by atoms with Gasteiger partial charge in [0, 0.05) is 13.0 Å². The molecule has 0 saturated heterocycles. The maximum Gasteiger partial charge on any atom is 0.393 e. The van der Waals surface area contributed by atoms with Gasteiger partial charge in [0.2, 0.25) is 0 Å². The van der Waals surface area contributed by atoms with E-state index in [0.29, 0.717) is 6.08 Å². The first-order valence-electron chi connectivity index (χ1n) is 4.08. The molecule has 1 aromatic rings. The molecule has 12 heavy (non-hydrogen) atoms. The Hall–Kier alpha value is -1.03. The van der Waals surface area contributed by atoms with Gasteiger partial charge in [-0.1, -0.05) is 0 Å². The van der Waals surface area contributed by atoms with E-state index < -0.39 is 0 Å². The van der Waals surface area contributed by atoms with Crippen molar-refractivity contribution in [2.75, 3.05) is 13.7 Å². The van der Waals surface area contributed by atoms with Crippen LogP contribution >= 0.6 is 0 Å². The Bertz CT molecular complexity index is 283. The molecule has 0 fully saturated rings. The van der Waals surface area contributed by atoms with Crippen molar-refractivity contribution in [3.05, 3.63) is 11.5 Å². The van der Waals surface area contributed by atoms with E-state index in [2.05, 4.69) is 17.2 Å². The second kappa shape index (κ2) is 2.79. The maximum absolute atomic E-state index is 5.35. The largest absolute Gasteiger partial charge is 0.454 e. The van der Waals surface area contributed by atoms with Gasteiger partial charge in [-0.2, -0.15) is 4.98 Å². The molecule has 66 valence electrons. The SMILES string of the molecule is COc1nc2c(o1)CCNC2C. The molecule has 1 N–H and O–H groups in total. The molecule has 2 heterocycles. The quantitative estimate of drug-likeness (QED) is 0.676. The van der Waals surface area contributed by atoms with Gasteiger partial charge in [-0.05, 0) is 6.92 Å². The van der Waals surface area contributed by atoms with Crippen LogP contribution < -0.4 is 10.1 Å². The highest BCUT2D eigenvalue weighted by Gasteiger charge is 2.22. The number of ether oxygens (including phenoxy) is 1. The lowest BCUT2D eigenvalue weighted by atomic mass is 10.1. The van der Waals surface area contributed by atoms with Gasteiger partial charge in [-0.25, -0.2) is 0 Å². The smallest absolute Gasteiger partial charge is 0.393 e. The van der Waals surface area contributed by atoms with Crippen molar-refractivity contribution in [3.8, 4) is 6.08 Å². The van der Waals surface area contributed by atoms with Crippen molar-refractivity contribution in [3.63, 3.8) is 0 Å². The fourth-order valence-electron chi connectivity index (χ4n) is 1.44. The molecular formula is C8H12N2O2. The Labute approximate surface area is 70.9 Å². The minimum absolute atomic E-state index is 0.279. The number of methoxy groups -OCH3 is 1. The van der Waals surface area contributed by atoms with Crippen molar-refractivity contribution in [2.24, 2.45) is 0 Å². The minimum atomic E-state index is 0.279. The van der Waals surface area contributed by atoms with E-state index in [-0.39, 0.29) is 6.04 Å². The first-order valence-corrected chi connectivity index (χ1v) is 4.08. The van der Waals surface area contributed by atoms with Gasteiger partial charge in [0.15, 0.2) is 0 Å². The van der Waals surface area contributed by atoms with Crippen molar-refractivity contribution < 1.29 is 9.15 Å². The van der Waals surface area contributed by atoms with Gasteiger partial charge in [-0.3, -0.25) is 0 Å². The summed E-state index contributed by atoms with van der Waals surface area (Å²) in [5.74, 6) is 0.957. The first kappa shape index (κ1) is 7.61. The third-order valence-corrected chi connectivity index (χ3v) is 2.10. The number of hydrogen-bond acceptors (Lipinski definition) is 4. The summed E-state index contributed by atoms with van der Waals surface area (Å²) in [4.78, 5) is 4.20. The molecule has 0 saturated carbocycles. The molecule has 0 bridgehead atoms. The molecule has 1 aromatic heterocycles. The van der Waals surface area contributed by atoms with Crippen molar-refractivity contribution in [2.45, 2.75) is 19.4 Å². The van der Waals surface area contributed by atoms with Gasteiger partial charge in [-0.15, -0.1) is 0 Å². The van der Waals surface area contributed by atoms with Crippen LogP contribution in [0.4, 0.5) is 0 Å². The number of nitrogens with zero attached hydrogens (tertiary/aromatic N) is 1. The van der Waals surface area contributed by atoms with Crippen LogP contribution in [0.25, 0.3) is 0 Å². The van der Waals surface area contributed by atoms with Crippen LogP contribution in [0, 0.1) is 0 Å². The summed E-state index contributed by atoms with van der Waals surface area (Å²) in [7, 11) is 1.56. The first-order chi connectivity index (χ1) is 5.81. The van der Waals surface area contributed by atoms with E-state index in [4.69, 9.17) is 9.15 Å². The lowest BCUT2D eigenvalue weighted by Gasteiger charge is -2.16. The lowest BCUT2D eigenvalue weighted by Crippen LogP contribution is -2.27. The van der Waals surface area contributed by atoms with Crippen LogP contribution in [0.2, 0.25) is 0 Å². The van der Waals surface area contributed by atoms with Gasteiger partial charge < -0.3 is 14.5 Å². The van der Waals surface area contributed by atoms with Gasteiger partial charge in [0.25, 0.3) is 0 Å². The van der Waals surface area contributed by atoms with Crippen molar-refractivity contribution >= 4 is 0 Å². The predicted octanol–water partition coefficient (Wildman–Crippen LogP) is 0.890. The fourth-order valence-corrected chi connectivity index (χ4v) is 1.44. The monoisotopic (exact) mass is 168 g/mol. The van der Waals surface area contributed by atoms with E-state index in [1.54, 1.807) is 7.11 Å². The molecule has 1 aliphatic rings. The molecule has 1 atom stereocenters. The molecular weight excluding hydrogens is 156 g/mol. The number of fused-ring (bicyclic) bond motifs is 1. The molecule has 4 heteroatoms. The maximum atomic E-state index is 5.35. The summed E-state index contributed by atoms with van der Waals surface area (Å²) in [5, 5.41) is 3.30. The summed E-state index contributed by atoms with van der Waals surface area (Å²) >= 11 is 0. The zero-order valence-electron chi connectivity index (χ0n) is 7.26. The van der Waals surface area contributed by atoms with E-state index in [9.17, 15) is 0 Å². The van der Waals surface area contributed by atoms with E-state index in [0.717, 1.165) is 24.4 Å². The predicted molar refractivity (Wildman–Crippen MR) is 43.2 cm³/mol. The zero-order valence-corrected chi connectivity index (χ0v) is 7.26. The van der Waals surface area contributed by atoms with Crippen LogP contribution in [-0.4, -0.2) is 18.6 Å². The van der Waals surface area contributed by atoms with E-state index >= 15 is 0 Å². The number of rotatable bonds is 1. The third kappa shape index (κ3) is 1.08. The third-order valence-electron chi connectivity index (χ3n) is 2.10. The van der Waals surface area contributed by atoms with Crippen LogP contribution in [0.5, 0.6) is 6.08 Å². The summed E-state index contributed by atoms with van der Waals surface area (Å²) < 4.78 is 10.3. The highest BCUT2D eigenvalue weighted by molar-refractivity contribution is 5.18. The molecule has 1 aliphatic heterocycles. The summed E-state index contributed by atoms with van der Waals surface area (Å²) in [6, 6.07) is 0.279. The highest BCUT2D eigenvalue weighted by Crippen LogP contribution is 2.25. The molecule has 1 unspecified atom stereocenters. The van der Waals surface area contributed by atoms with Gasteiger partial charge in [0.1, 0.15) is 11.5 Å². The molecule has 0 aromatic carbocycles. The zero-order chi connectivity index (χ0) is 8.55. The Kier molecular flexibility index (Phi) is 1.77. The average Bonchev–Trinajstić information content (AvgIpc) is 2.49. The Morgan fingerprint density at radius 1 is 1.67 bits per heavy atom. The molecule has 2 rings (SSSR count). The summed E-state index contributed by atoms with van der Waals surface area (Å²) in [6.07, 6.45) is 1.27. The lowest BCUT2D eigenvalue weighted by molar-refractivity contribution is 0.279. The summed E-state index contributed by atoms with van der Waals surface area (Å²) in [6.45, 7) is 3.02. The summed E-state index contributed by atoms with van der Waals surface area (Å²) in [5.41, 5.74) is 0.984. The molecule has 0 amide bonds. The van der Waals surface area contributed by atoms with Crippen LogP contribution in [0.3, 0.4) is 0 Å². The van der Waals surface area contributed by atoms with Crippen LogP contribution in [-0.2, 0) is 6.42 Å². The number of oxazole rings is 1. The van der Waals surface area contributed by atoms with Crippen molar-refractivity contribution in [1.82, 2.24) is 10.3 Å². The second-order valence-electron chi connectivity index (χ2n) is 2.92. The van der Waals surface area contributed by atoms with Crippen molar-refractivity contribution in [1.29, 1.82) is 0 Å². The molecule has 4 nitrogen and oxygen atoms in total. The number of aromatic nitrogens is 1. The Balaban J connectivity index is 2.37. The molecule has 0 aliphatic carbocycles. The van der Waals surface area contributed by atoms with Gasteiger partial charge >= 0.3 is 6.08 Å². The molecule has 0 radical (unpaired) electrons. The standard InChI is InChI=1S/C8H12N2O2/c1-5-7-6(3-4-9-5)12-8(10-7)11-2/h5,9H,3-4H2,1-2H3. The topological polar surface area (TPSA) is 47.3 Å². The second-order valence-corrected chi connectivity index (χ2v) is 2.92. The Morgan fingerprint density at radius 3 is 3.17 bits per heavy atom. The molecule has 0 spiro atoms. The van der Waals surface area contributed by atoms with Gasteiger partial charge in [0.05, 0.1) is 13.2 Å². The normalized spacial score (nSPS) is 22.0. The van der Waals surface area contributed by atoms with Crippen LogP contribution in [0.1, 0.15) is 24.4 Å². The minimum Gasteiger partial charge on any atom is -0.454 e. The average molecular weight is 168 g/mol. The number of hydrogen-bond donors (Lipinski definition) is 1. The fraction of sp³-hybridized carbons (Fsp3) is 0.625. The van der Waals surface area contributed by atoms with Crippen LogP contribution in [0.15, 0.2) is 4.42 Å². The van der Waals surface area contributed by atoms with E-state index in [1.807, 2.05) is 0 Å².